The molecule has 9 heteroatoms. The highest BCUT2D eigenvalue weighted by molar-refractivity contribution is 5.94. The molecule has 1 saturated carbocycles. The van der Waals surface area contributed by atoms with Gasteiger partial charge in [-0.3, -0.25) is 19.3 Å². The lowest BCUT2D eigenvalue weighted by molar-refractivity contribution is -0.141. The highest BCUT2D eigenvalue weighted by Crippen LogP contribution is 2.48. The summed E-state index contributed by atoms with van der Waals surface area (Å²) in [5.74, 6) is 0.305. The molecule has 180 valence electrons. The molecular weight excluding hydrogens is 432 g/mol. The standard InChI is InChI=1S/C25H32N6O3/c1-14(15-4-6-16(7-5-15)23(32)28(2)3)30-19-10-22(25(30)34)29(12-19)13-20(27)24(33)31-18(11-26)8-17-9-21(17)31/h4-7,14,17-22H,8-10,12-13,27H2,1-3H3/t14-,17+,18-,19-,20-,21-,22-/m0/s1. The summed E-state index contributed by atoms with van der Waals surface area (Å²) in [7, 11) is 3.44. The van der Waals surface area contributed by atoms with Gasteiger partial charge in [0.2, 0.25) is 11.8 Å². The summed E-state index contributed by atoms with van der Waals surface area (Å²) in [6.45, 7) is 3.04. The van der Waals surface area contributed by atoms with Crippen LogP contribution < -0.4 is 5.73 Å². The molecule has 1 aromatic rings. The van der Waals surface area contributed by atoms with Gasteiger partial charge in [0.15, 0.2) is 0 Å². The van der Waals surface area contributed by atoms with Gasteiger partial charge in [-0.2, -0.15) is 5.26 Å². The van der Waals surface area contributed by atoms with E-state index in [0.29, 0.717) is 24.6 Å². The molecule has 7 atom stereocenters. The third-order valence-electron chi connectivity index (χ3n) is 8.03. The third kappa shape index (κ3) is 3.65. The van der Waals surface area contributed by atoms with Crippen molar-refractivity contribution in [2.24, 2.45) is 11.7 Å². The highest BCUT2D eigenvalue weighted by Gasteiger charge is 2.56. The number of piperazine rings is 1. The lowest BCUT2D eigenvalue weighted by Gasteiger charge is -2.38. The van der Waals surface area contributed by atoms with E-state index in [1.165, 1.54) is 0 Å². The molecule has 9 nitrogen and oxygen atoms in total. The summed E-state index contributed by atoms with van der Waals surface area (Å²) in [6, 6.07) is 8.48. The number of nitrogens with two attached hydrogens (primary N) is 1. The van der Waals surface area contributed by atoms with Crippen LogP contribution >= 0.6 is 0 Å². The van der Waals surface area contributed by atoms with E-state index in [0.717, 1.165) is 24.8 Å². The molecule has 3 saturated heterocycles. The van der Waals surface area contributed by atoms with Crippen molar-refractivity contribution in [3.8, 4) is 6.07 Å². The number of hydrogen-bond donors (Lipinski definition) is 1. The molecule has 4 fully saturated rings. The number of benzene rings is 1. The Kier molecular flexibility index (Phi) is 5.61. The van der Waals surface area contributed by atoms with Crippen LogP contribution in [0.1, 0.15) is 48.1 Å². The van der Waals surface area contributed by atoms with E-state index in [-0.39, 0.29) is 47.9 Å². The Hall–Kier alpha value is -2.96. The van der Waals surface area contributed by atoms with Crippen molar-refractivity contribution in [3.05, 3.63) is 35.4 Å². The van der Waals surface area contributed by atoms with Gasteiger partial charge in [0, 0.05) is 44.8 Å². The molecule has 1 aliphatic carbocycles. The van der Waals surface area contributed by atoms with E-state index in [1.807, 2.05) is 28.9 Å². The topological polar surface area (TPSA) is 114 Å². The first-order valence-corrected chi connectivity index (χ1v) is 12.1. The van der Waals surface area contributed by atoms with Crippen LogP contribution in [0.2, 0.25) is 0 Å². The molecule has 1 aromatic carbocycles. The number of piperidine rings is 1. The number of nitrogens with zero attached hydrogens (tertiary/aromatic N) is 5. The van der Waals surface area contributed by atoms with Crippen molar-refractivity contribution in [1.82, 2.24) is 19.6 Å². The number of likely N-dealkylation sites (tertiary alicyclic amines) is 3. The Labute approximate surface area is 200 Å². The normalized spacial score (nSPS) is 31.3. The van der Waals surface area contributed by atoms with Gasteiger partial charge >= 0.3 is 0 Å². The van der Waals surface area contributed by atoms with Gasteiger partial charge in [-0.15, -0.1) is 0 Å². The molecule has 0 aromatic heterocycles. The number of rotatable bonds is 6. The zero-order valence-corrected chi connectivity index (χ0v) is 19.9. The lowest BCUT2D eigenvalue weighted by atomic mass is 10.0. The minimum absolute atomic E-state index is 0.0516. The van der Waals surface area contributed by atoms with Crippen LogP contribution in [0.25, 0.3) is 0 Å². The van der Waals surface area contributed by atoms with Gasteiger partial charge in [0.1, 0.15) is 6.04 Å². The van der Waals surface area contributed by atoms with Crippen molar-refractivity contribution in [1.29, 1.82) is 5.26 Å². The zero-order chi connectivity index (χ0) is 24.3. The maximum atomic E-state index is 13.3. The van der Waals surface area contributed by atoms with E-state index in [9.17, 15) is 19.6 Å². The van der Waals surface area contributed by atoms with Gasteiger partial charge in [0.25, 0.3) is 5.91 Å². The summed E-state index contributed by atoms with van der Waals surface area (Å²) in [6.07, 6.45) is 2.46. The van der Waals surface area contributed by atoms with E-state index in [2.05, 4.69) is 6.07 Å². The molecule has 4 aliphatic rings. The highest BCUT2D eigenvalue weighted by atomic mass is 16.2. The number of carbonyl (C=O) groups excluding carboxylic acids is 3. The second-order valence-corrected chi connectivity index (χ2v) is 10.4. The predicted octanol–water partition coefficient (Wildman–Crippen LogP) is 0.575. The Morgan fingerprint density at radius 2 is 1.91 bits per heavy atom. The minimum atomic E-state index is -0.727. The minimum Gasteiger partial charge on any atom is -0.345 e. The van der Waals surface area contributed by atoms with Crippen LogP contribution in [0.15, 0.2) is 24.3 Å². The van der Waals surface area contributed by atoms with Crippen molar-refractivity contribution >= 4 is 17.7 Å². The second kappa shape index (κ2) is 8.36. The van der Waals surface area contributed by atoms with Crippen LogP contribution in [0.3, 0.4) is 0 Å². The van der Waals surface area contributed by atoms with Gasteiger partial charge < -0.3 is 20.4 Å². The average molecular weight is 465 g/mol. The molecular formula is C25H32N6O3. The van der Waals surface area contributed by atoms with Crippen LogP contribution in [-0.4, -0.2) is 94.7 Å². The van der Waals surface area contributed by atoms with Gasteiger partial charge in [-0.25, -0.2) is 0 Å². The van der Waals surface area contributed by atoms with Crippen LogP contribution in [0.5, 0.6) is 0 Å². The summed E-state index contributed by atoms with van der Waals surface area (Å²) in [5.41, 5.74) is 7.91. The fourth-order valence-corrected chi connectivity index (χ4v) is 6.13. The fourth-order valence-electron chi connectivity index (χ4n) is 6.13. The van der Waals surface area contributed by atoms with Crippen molar-refractivity contribution in [2.75, 3.05) is 27.2 Å². The predicted molar refractivity (Wildman–Crippen MR) is 124 cm³/mol. The lowest BCUT2D eigenvalue weighted by Crippen LogP contribution is -2.57. The average Bonchev–Trinajstić information content (AvgIpc) is 3.15. The second-order valence-electron chi connectivity index (χ2n) is 10.4. The first-order valence-electron chi connectivity index (χ1n) is 12.1. The first-order chi connectivity index (χ1) is 16.2. The first kappa shape index (κ1) is 22.8. The van der Waals surface area contributed by atoms with E-state index < -0.39 is 6.04 Å². The molecule has 3 aliphatic heterocycles. The van der Waals surface area contributed by atoms with E-state index >= 15 is 0 Å². The molecule has 2 bridgehead atoms. The Morgan fingerprint density at radius 3 is 2.53 bits per heavy atom. The van der Waals surface area contributed by atoms with E-state index in [1.54, 1.807) is 36.0 Å². The number of hydrogen-bond acceptors (Lipinski definition) is 6. The summed E-state index contributed by atoms with van der Waals surface area (Å²) in [5, 5.41) is 9.39. The van der Waals surface area contributed by atoms with Crippen molar-refractivity contribution in [3.63, 3.8) is 0 Å². The maximum Gasteiger partial charge on any atom is 0.253 e. The van der Waals surface area contributed by atoms with Gasteiger partial charge in [-0.1, -0.05) is 12.1 Å². The Balaban J connectivity index is 1.21. The largest absolute Gasteiger partial charge is 0.345 e. The summed E-state index contributed by atoms with van der Waals surface area (Å²) in [4.78, 5) is 45.6. The Morgan fingerprint density at radius 1 is 1.21 bits per heavy atom. The smallest absolute Gasteiger partial charge is 0.253 e. The molecule has 3 amide bonds. The number of amides is 3. The SMILES string of the molecule is C[C@@H](c1ccc(C(=O)N(C)C)cc1)N1C(=O)[C@@H]2C[C@H]1CN2C[C@H](N)C(=O)N1[C@H](C#N)C[C@@H]2C[C@@H]21. The molecule has 34 heavy (non-hydrogen) atoms. The third-order valence-corrected chi connectivity index (χ3v) is 8.03. The monoisotopic (exact) mass is 464 g/mol. The molecule has 0 spiro atoms. The van der Waals surface area contributed by atoms with Gasteiger partial charge in [0.05, 0.1) is 24.2 Å². The molecule has 2 N–H and O–H groups in total. The summed E-state index contributed by atoms with van der Waals surface area (Å²) >= 11 is 0. The maximum absolute atomic E-state index is 13.3. The van der Waals surface area contributed by atoms with E-state index in [4.69, 9.17) is 5.73 Å². The fraction of sp³-hybridized carbons (Fsp3) is 0.600. The molecule has 3 heterocycles. The summed E-state index contributed by atoms with van der Waals surface area (Å²) < 4.78 is 0. The van der Waals surface area contributed by atoms with Crippen LogP contribution in [0.4, 0.5) is 0 Å². The Bertz CT molecular complexity index is 1050. The van der Waals surface area contributed by atoms with Crippen molar-refractivity contribution < 1.29 is 14.4 Å². The number of nitriles is 1. The number of fused-ring (bicyclic) bond motifs is 3. The van der Waals surface area contributed by atoms with Crippen molar-refractivity contribution in [2.45, 2.75) is 62.4 Å². The van der Waals surface area contributed by atoms with Crippen LogP contribution in [0, 0.1) is 17.2 Å². The van der Waals surface area contributed by atoms with Crippen LogP contribution in [-0.2, 0) is 9.59 Å². The number of carbonyl (C=O) groups is 3. The molecule has 0 unspecified atom stereocenters. The van der Waals surface area contributed by atoms with Gasteiger partial charge in [-0.05, 0) is 49.8 Å². The molecule has 0 radical (unpaired) electrons. The zero-order valence-electron chi connectivity index (χ0n) is 19.9. The quantitative estimate of drug-likeness (QED) is 0.659. The molecule has 5 rings (SSSR count).